The molecule has 0 aliphatic heterocycles. The number of amides is 1. The van der Waals surface area contributed by atoms with E-state index < -0.39 is 0 Å². The monoisotopic (exact) mass is 574 g/mol. The summed E-state index contributed by atoms with van der Waals surface area (Å²) < 4.78 is 12.5. The van der Waals surface area contributed by atoms with Gasteiger partial charge in [-0.3, -0.25) is 14.2 Å². The molecule has 1 N–H and O–H groups in total. The Morgan fingerprint density at radius 2 is 1.98 bits per heavy atom. The number of allylic oxidation sites excluding steroid dienone is 1. The second-order valence-electron chi connectivity index (χ2n) is 9.06. The Morgan fingerprint density at radius 1 is 1.18 bits per heavy atom. The summed E-state index contributed by atoms with van der Waals surface area (Å²) in [7, 11) is 1.62. The molecule has 1 amide bonds. The predicted octanol–water partition coefficient (Wildman–Crippen LogP) is 5.64. The lowest BCUT2D eigenvalue weighted by molar-refractivity contribution is -0.118. The van der Waals surface area contributed by atoms with E-state index in [1.807, 2.05) is 61.5 Å². The minimum atomic E-state index is -0.301. The van der Waals surface area contributed by atoms with Crippen LogP contribution in [0.1, 0.15) is 35.8 Å². The zero-order chi connectivity index (χ0) is 27.9. The topological polar surface area (TPSA) is 94.8 Å². The third kappa shape index (κ3) is 6.13. The van der Waals surface area contributed by atoms with E-state index in [9.17, 15) is 9.59 Å². The molecule has 1 aliphatic carbocycles. The molecule has 0 saturated carbocycles. The van der Waals surface area contributed by atoms with Gasteiger partial charge in [-0.05, 0) is 80.7 Å². The van der Waals surface area contributed by atoms with Gasteiger partial charge < -0.3 is 9.47 Å². The third-order valence-corrected chi connectivity index (χ3v) is 8.59. The van der Waals surface area contributed by atoms with Gasteiger partial charge in [-0.2, -0.15) is 5.10 Å². The van der Waals surface area contributed by atoms with Crippen molar-refractivity contribution in [3.63, 3.8) is 0 Å². The number of hydrazone groups is 1. The zero-order valence-electron chi connectivity index (χ0n) is 22.4. The first-order chi connectivity index (χ1) is 19.6. The van der Waals surface area contributed by atoms with Gasteiger partial charge >= 0.3 is 0 Å². The van der Waals surface area contributed by atoms with Crippen molar-refractivity contribution >= 4 is 51.5 Å². The van der Waals surface area contributed by atoms with Crippen LogP contribution in [0.15, 0.2) is 69.7 Å². The molecule has 4 aromatic rings. The molecule has 40 heavy (non-hydrogen) atoms. The number of rotatable bonds is 10. The molecule has 0 atom stereocenters. The van der Waals surface area contributed by atoms with Crippen molar-refractivity contribution in [2.75, 3.05) is 19.5 Å². The highest BCUT2D eigenvalue weighted by atomic mass is 32.2. The number of fused-ring (bicyclic) bond motifs is 3. The quantitative estimate of drug-likeness (QED) is 0.114. The molecule has 0 radical (unpaired) electrons. The summed E-state index contributed by atoms with van der Waals surface area (Å²) in [5.41, 5.74) is 5.16. The molecule has 8 nitrogen and oxygen atoms in total. The van der Waals surface area contributed by atoms with Gasteiger partial charge in [0.15, 0.2) is 5.16 Å². The highest BCUT2D eigenvalue weighted by molar-refractivity contribution is 7.99. The minimum Gasteiger partial charge on any atom is -0.496 e. The molecule has 206 valence electrons. The van der Waals surface area contributed by atoms with Gasteiger partial charge in [0, 0.05) is 16.7 Å². The average molecular weight is 575 g/mol. The molecule has 0 spiro atoms. The second-order valence-corrected chi connectivity index (χ2v) is 11.1. The van der Waals surface area contributed by atoms with Crippen LogP contribution >= 0.6 is 23.1 Å². The summed E-state index contributed by atoms with van der Waals surface area (Å²) in [6.07, 6.45) is 9.16. The normalized spacial score (nSPS) is 13.2. The van der Waals surface area contributed by atoms with E-state index in [0.29, 0.717) is 22.8 Å². The number of nitrogens with zero attached hydrogens (tertiary/aromatic N) is 3. The maximum atomic E-state index is 13.9. The van der Waals surface area contributed by atoms with Gasteiger partial charge in [0.1, 0.15) is 16.3 Å². The lowest BCUT2D eigenvalue weighted by atomic mass is 9.97. The van der Waals surface area contributed by atoms with Gasteiger partial charge in [0.25, 0.3) is 11.5 Å². The average Bonchev–Trinajstić information content (AvgIpc) is 3.35. The number of para-hydroxylation sites is 1. The van der Waals surface area contributed by atoms with Crippen molar-refractivity contribution in [1.29, 1.82) is 0 Å². The number of hydrogen-bond acceptors (Lipinski definition) is 8. The predicted molar refractivity (Wildman–Crippen MR) is 162 cm³/mol. The smallest absolute Gasteiger partial charge is 0.267 e. The van der Waals surface area contributed by atoms with Gasteiger partial charge in [-0.25, -0.2) is 10.4 Å². The molecule has 2 heterocycles. The highest BCUT2D eigenvalue weighted by Gasteiger charge is 2.23. The number of carbonyl (C=O) groups excluding carboxylic acids is 1. The van der Waals surface area contributed by atoms with Crippen molar-refractivity contribution in [1.82, 2.24) is 15.0 Å². The number of aryl methyl sites for hydroxylation is 2. The summed E-state index contributed by atoms with van der Waals surface area (Å²) in [4.78, 5) is 33.4. The molecule has 1 aliphatic rings. The molecule has 2 aromatic carbocycles. The van der Waals surface area contributed by atoms with Crippen LogP contribution in [0.2, 0.25) is 0 Å². The number of thioether (sulfide) groups is 1. The highest BCUT2D eigenvalue weighted by Crippen LogP contribution is 2.35. The SMILES string of the molecule is CCOc1ccc(-n2c(SCC(=O)NN=CC=Cc3ccccc3OC)nc3sc4c(c3c2=O)CCCC4)cc1. The maximum Gasteiger partial charge on any atom is 0.267 e. The summed E-state index contributed by atoms with van der Waals surface area (Å²) in [6.45, 7) is 2.49. The van der Waals surface area contributed by atoms with Gasteiger partial charge in [-0.15, -0.1) is 11.3 Å². The first-order valence-electron chi connectivity index (χ1n) is 13.1. The molecule has 0 unspecified atom stereocenters. The van der Waals surface area contributed by atoms with Crippen LogP contribution < -0.4 is 20.5 Å². The fourth-order valence-electron chi connectivity index (χ4n) is 4.63. The standard InChI is InChI=1S/C30H30N4O4S2/c1-3-38-22-16-14-21(15-17-22)34-29(36)27-23-11-5-7-13-25(23)40-28(27)32-30(34)39-19-26(35)33-31-18-8-10-20-9-4-6-12-24(20)37-2/h4,6,8-10,12,14-18H,3,5,7,11,13,19H2,1-2H3,(H,33,35). The van der Waals surface area contributed by atoms with Crippen LogP contribution in [-0.2, 0) is 17.6 Å². The number of hydrogen-bond donors (Lipinski definition) is 1. The van der Waals surface area contributed by atoms with E-state index in [4.69, 9.17) is 14.5 Å². The van der Waals surface area contributed by atoms with E-state index in [1.165, 1.54) is 22.9 Å². The minimum absolute atomic E-state index is 0.0492. The van der Waals surface area contributed by atoms with Crippen molar-refractivity contribution < 1.29 is 14.3 Å². The van der Waals surface area contributed by atoms with E-state index in [-0.39, 0.29) is 17.2 Å². The van der Waals surface area contributed by atoms with Gasteiger partial charge in [0.2, 0.25) is 0 Å². The van der Waals surface area contributed by atoms with Crippen molar-refractivity contribution in [3.8, 4) is 17.2 Å². The molecular formula is C30H30N4O4S2. The Balaban J connectivity index is 1.35. The van der Waals surface area contributed by atoms with E-state index in [1.54, 1.807) is 29.1 Å². The number of aromatic nitrogens is 2. The van der Waals surface area contributed by atoms with Crippen molar-refractivity contribution in [2.45, 2.75) is 37.8 Å². The van der Waals surface area contributed by atoms with Crippen molar-refractivity contribution in [2.24, 2.45) is 5.10 Å². The Morgan fingerprint density at radius 3 is 2.77 bits per heavy atom. The van der Waals surface area contributed by atoms with Crippen LogP contribution in [0.3, 0.4) is 0 Å². The van der Waals surface area contributed by atoms with Gasteiger partial charge in [0.05, 0.1) is 30.5 Å². The van der Waals surface area contributed by atoms with E-state index >= 15 is 0 Å². The number of thiophene rings is 1. The van der Waals surface area contributed by atoms with Crippen LogP contribution in [0.5, 0.6) is 11.5 Å². The first-order valence-corrected chi connectivity index (χ1v) is 14.9. The lowest BCUT2D eigenvalue weighted by Crippen LogP contribution is -2.24. The van der Waals surface area contributed by atoms with Crippen LogP contribution in [-0.4, -0.2) is 41.1 Å². The third-order valence-electron chi connectivity index (χ3n) is 6.46. The number of nitrogens with one attached hydrogen (secondary N) is 1. The maximum absolute atomic E-state index is 13.9. The number of benzene rings is 2. The van der Waals surface area contributed by atoms with E-state index in [2.05, 4.69) is 10.5 Å². The second kappa shape index (κ2) is 13.0. The fraction of sp³-hybridized carbons (Fsp3) is 0.267. The van der Waals surface area contributed by atoms with Crippen molar-refractivity contribution in [3.05, 3.63) is 81.0 Å². The van der Waals surface area contributed by atoms with Crippen LogP contribution in [0, 0.1) is 0 Å². The number of ether oxygens (including phenoxy) is 2. The summed E-state index contributed by atoms with van der Waals surface area (Å²) in [6, 6.07) is 15.0. The Kier molecular flexibility index (Phi) is 8.98. The molecular weight excluding hydrogens is 544 g/mol. The van der Waals surface area contributed by atoms with Crippen LogP contribution in [0.25, 0.3) is 22.0 Å². The fourth-order valence-corrected chi connectivity index (χ4v) is 6.74. The molecule has 0 fully saturated rings. The summed E-state index contributed by atoms with van der Waals surface area (Å²) in [5.74, 6) is 1.23. The Hall–Kier alpha value is -3.89. The largest absolute Gasteiger partial charge is 0.496 e. The molecule has 10 heteroatoms. The Bertz CT molecular complexity index is 1620. The van der Waals surface area contributed by atoms with E-state index in [0.717, 1.165) is 53.1 Å². The Labute approximate surface area is 240 Å². The number of carbonyl (C=O) groups is 1. The number of methoxy groups -OCH3 is 1. The molecule has 0 bridgehead atoms. The zero-order valence-corrected chi connectivity index (χ0v) is 24.0. The molecule has 0 saturated heterocycles. The first kappa shape index (κ1) is 27.7. The molecule has 2 aromatic heterocycles. The summed E-state index contributed by atoms with van der Waals surface area (Å²) >= 11 is 2.81. The molecule has 5 rings (SSSR count). The summed E-state index contributed by atoms with van der Waals surface area (Å²) in [5, 5.41) is 5.18. The van der Waals surface area contributed by atoms with Crippen LogP contribution in [0.4, 0.5) is 0 Å². The van der Waals surface area contributed by atoms with Gasteiger partial charge in [-0.1, -0.05) is 30.0 Å². The lowest BCUT2D eigenvalue weighted by Gasteiger charge is -2.14.